The van der Waals surface area contributed by atoms with Gasteiger partial charge in [-0.1, -0.05) is 13.3 Å². The second-order valence-corrected chi connectivity index (χ2v) is 5.05. The summed E-state index contributed by atoms with van der Waals surface area (Å²) >= 11 is 0. The lowest BCUT2D eigenvalue weighted by atomic mass is 10.2. The Morgan fingerprint density at radius 2 is 2.23 bits per heavy atom. The summed E-state index contributed by atoms with van der Waals surface area (Å²) < 4.78 is 49.5. The van der Waals surface area contributed by atoms with Gasteiger partial charge in [-0.25, -0.2) is 0 Å². The van der Waals surface area contributed by atoms with Gasteiger partial charge >= 0.3 is 6.18 Å². The van der Waals surface area contributed by atoms with Crippen molar-refractivity contribution >= 4 is 5.82 Å². The number of rotatable bonds is 5. The lowest BCUT2D eigenvalue weighted by molar-refractivity contribution is -0.167. The van der Waals surface area contributed by atoms with Crippen LogP contribution in [0.3, 0.4) is 0 Å². The first-order valence-electron chi connectivity index (χ1n) is 7.16. The Morgan fingerprint density at radius 1 is 1.45 bits per heavy atom. The molecule has 1 atom stereocenters. The van der Waals surface area contributed by atoms with E-state index < -0.39 is 18.8 Å². The molecule has 1 aromatic rings. The lowest BCUT2D eigenvalue weighted by Crippen LogP contribution is -2.53. The minimum absolute atomic E-state index is 0.0390. The molecular weight excluding hydrogens is 301 g/mol. The minimum Gasteiger partial charge on any atom is -0.508 e. The highest BCUT2D eigenvalue weighted by Gasteiger charge is 2.46. The molecule has 1 aliphatic heterocycles. The van der Waals surface area contributed by atoms with Gasteiger partial charge in [-0.15, -0.1) is 0 Å². The molecule has 1 N–H and O–H groups in total. The number of aromatic hydroxyl groups is 1. The number of aromatic nitrogens is 1. The van der Waals surface area contributed by atoms with Crippen LogP contribution in [0.15, 0.2) is 12.1 Å². The molecule has 8 heteroatoms. The van der Waals surface area contributed by atoms with Gasteiger partial charge in [0.1, 0.15) is 17.6 Å². The SMILES string of the molecule is CCCCOc1cc(O)cc(N2CCOCC2C(F)(F)F)n1. The monoisotopic (exact) mass is 320 g/mol. The standard InChI is InChI=1S/C14H19F3N2O3/c1-2-3-5-22-13-8-10(20)7-12(18-13)19-4-6-21-9-11(19)14(15,16)17/h7-8,11H,2-6,9H2,1H3,(H,18,20). The van der Waals surface area contributed by atoms with E-state index in [0.29, 0.717) is 6.61 Å². The van der Waals surface area contributed by atoms with Crippen LogP contribution in [0.25, 0.3) is 0 Å². The van der Waals surface area contributed by atoms with E-state index >= 15 is 0 Å². The summed E-state index contributed by atoms with van der Waals surface area (Å²) in [6.45, 7) is 2.17. The first-order chi connectivity index (χ1) is 10.4. The molecule has 1 aliphatic rings. The summed E-state index contributed by atoms with van der Waals surface area (Å²) in [7, 11) is 0. The third-order valence-electron chi connectivity index (χ3n) is 3.32. The maximum Gasteiger partial charge on any atom is 0.411 e. The van der Waals surface area contributed by atoms with Crippen LogP contribution in [0.4, 0.5) is 19.0 Å². The Morgan fingerprint density at radius 3 is 2.91 bits per heavy atom. The topological polar surface area (TPSA) is 54.8 Å². The molecule has 0 amide bonds. The number of halogens is 3. The van der Waals surface area contributed by atoms with Gasteiger partial charge in [-0.2, -0.15) is 18.2 Å². The molecule has 0 saturated carbocycles. The van der Waals surface area contributed by atoms with Gasteiger partial charge in [0.15, 0.2) is 0 Å². The molecule has 2 heterocycles. The molecular formula is C14H19F3N2O3. The molecule has 2 rings (SSSR count). The molecule has 0 aliphatic carbocycles. The van der Waals surface area contributed by atoms with Crippen LogP contribution in [0.5, 0.6) is 11.6 Å². The molecule has 1 fully saturated rings. The number of nitrogens with zero attached hydrogens (tertiary/aromatic N) is 2. The maximum absolute atomic E-state index is 13.1. The van der Waals surface area contributed by atoms with Crippen molar-refractivity contribution in [3.05, 3.63) is 12.1 Å². The normalized spacial score (nSPS) is 19.3. The van der Waals surface area contributed by atoms with Gasteiger partial charge in [0.2, 0.25) is 5.88 Å². The minimum atomic E-state index is -4.43. The fourth-order valence-corrected chi connectivity index (χ4v) is 2.17. The highest BCUT2D eigenvalue weighted by molar-refractivity contribution is 5.48. The molecule has 1 unspecified atom stereocenters. The van der Waals surface area contributed by atoms with Gasteiger partial charge in [-0.05, 0) is 6.42 Å². The molecule has 1 aromatic heterocycles. The van der Waals surface area contributed by atoms with Crippen LogP contribution in [0.2, 0.25) is 0 Å². The van der Waals surface area contributed by atoms with Crippen molar-refractivity contribution < 1.29 is 27.8 Å². The molecule has 22 heavy (non-hydrogen) atoms. The second kappa shape index (κ2) is 7.04. The van der Waals surface area contributed by atoms with Gasteiger partial charge in [0.05, 0.1) is 19.8 Å². The molecule has 1 saturated heterocycles. The van der Waals surface area contributed by atoms with Gasteiger partial charge in [0, 0.05) is 18.7 Å². The average Bonchev–Trinajstić information content (AvgIpc) is 2.46. The zero-order valence-electron chi connectivity index (χ0n) is 12.3. The van der Waals surface area contributed by atoms with Gasteiger partial charge in [0.25, 0.3) is 0 Å². The van der Waals surface area contributed by atoms with Crippen molar-refractivity contribution in [3.8, 4) is 11.6 Å². The average molecular weight is 320 g/mol. The van der Waals surface area contributed by atoms with Crippen molar-refractivity contribution in [1.82, 2.24) is 4.98 Å². The van der Waals surface area contributed by atoms with Crippen molar-refractivity contribution in [2.24, 2.45) is 0 Å². The van der Waals surface area contributed by atoms with Crippen molar-refractivity contribution in [2.45, 2.75) is 32.0 Å². The van der Waals surface area contributed by atoms with Crippen LogP contribution >= 0.6 is 0 Å². The summed E-state index contributed by atoms with van der Waals surface area (Å²) in [5.41, 5.74) is 0. The van der Waals surface area contributed by atoms with E-state index in [0.717, 1.165) is 17.7 Å². The number of anilines is 1. The van der Waals surface area contributed by atoms with E-state index in [1.165, 1.54) is 12.1 Å². The summed E-state index contributed by atoms with van der Waals surface area (Å²) in [4.78, 5) is 5.17. The van der Waals surface area contributed by atoms with E-state index in [-0.39, 0.29) is 30.6 Å². The Labute approximate surface area is 126 Å². The largest absolute Gasteiger partial charge is 0.508 e. The molecule has 0 aromatic carbocycles. The fraction of sp³-hybridized carbons (Fsp3) is 0.643. The summed E-state index contributed by atoms with van der Waals surface area (Å²) in [5.74, 6) is -0.0168. The Balaban J connectivity index is 2.21. The van der Waals surface area contributed by atoms with Crippen LogP contribution in [-0.2, 0) is 4.74 Å². The van der Waals surface area contributed by atoms with E-state index in [9.17, 15) is 18.3 Å². The number of pyridine rings is 1. The molecule has 0 spiro atoms. The predicted molar refractivity (Wildman–Crippen MR) is 74.3 cm³/mol. The maximum atomic E-state index is 13.1. The van der Waals surface area contributed by atoms with Crippen molar-refractivity contribution in [3.63, 3.8) is 0 Å². The number of ether oxygens (including phenoxy) is 2. The fourth-order valence-electron chi connectivity index (χ4n) is 2.17. The first-order valence-corrected chi connectivity index (χ1v) is 7.16. The zero-order valence-corrected chi connectivity index (χ0v) is 12.3. The van der Waals surface area contributed by atoms with Crippen molar-refractivity contribution in [1.29, 1.82) is 0 Å². The number of unbranched alkanes of at least 4 members (excludes halogenated alkanes) is 1. The van der Waals surface area contributed by atoms with Crippen LogP contribution < -0.4 is 9.64 Å². The highest BCUT2D eigenvalue weighted by atomic mass is 19.4. The molecule has 0 radical (unpaired) electrons. The molecule has 124 valence electrons. The van der Waals surface area contributed by atoms with Gasteiger partial charge < -0.3 is 19.5 Å². The third-order valence-corrected chi connectivity index (χ3v) is 3.32. The first kappa shape index (κ1) is 16.7. The molecule has 0 bridgehead atoms. The van der Waals surface area contributed by atoms with Crippen LogP contribution in [-0.4, -0.2) is 48.7 Å². The van der Waals surface area contributed by atoms with Gasteiger partial charge in [-0.3, -0.25) is 0 Å². The Hall–Kier alpha value is -1.70. The third kappa shape index (κ3) is 4.16. The smallest absolute Gasteiger partial charge is 0.411 e. The summed E-state index contributed by atoms with van der Waals surface area (Å²) in [5, 5.41) is 9.71. The second-order valence-electron chi connectivity index (χ2n) is 5.05. The summed E-state index contributed by atoms with van der Waals surface area (Å²) in [6, 6.07) is 0.720. The van der Waals surface area contributed by atoms with Crippen LogP contribution in [0, 0.1) is 0 Å². The number of alkyl halides is 3. The lowest BCUT2D eigenvalue weighted by Gasteiger charge is -2.37. The highest BCUT2D eigenvalue weighted by Crippen LogP contribution is 2.32. The Kier molecular flexibility index (Phi) is 5.33. The Bertz CT molecular complexity index is 497. The summed E-state index contributed by atoms with van der Waals surface area (Å²) in [6.07, 6.45) is -2.71. The zero-order chi connectivity index (χ0) is 16.2. The number of hydrogen-bond acceptors (Lipinski definition) is 5. The number of hydrogen-bond donors (Lipinski definition) is 1. The van der Waals surface area contributed by atoms with E-state index in [4.69, 9.17) is 9.47 Å². The van der Waals surface area contributed by atoms with Crippen LogP contribution in [0.1, 0.15) is 19.8 Å². The van der Waals surface area contributed by atoms with E-state index in [1.54, 1.807) is 0 Å². The van der Waals surface area contributed by atoms with Crippen molar-refractivity contribution in [2.75, 3.05) is 31.3 Å². The quantitative estimate of drug-likeness (QED) is 0.846. The number of morpholine rings is 1. The predicted octanol–water partition coefficient (Wildman–Crippen LogP) is 2.73. The van der Waals surface area contributed by atoms with E-state index in [1.807, 2.05) is 6.92 Å². The molecule has 5 nitrogen and oxygen atoms in total. The van der Waals surface area contributed by atoms with E-state index in [2.05, 4.69) is 4.98 Å².